The SMILES string of the molecule is NC(=O)c1ccccc1N(CCN1CCN(c2ccccc2)CC1)C(=O)c1ccccc1Cl. The zero-order valence-electron chi connectivity index (χ0n) is 18.4. The van der Waals surface area contributed by atoms with Crippen LogP contribution in [-0.2, 0) is 0 Å². The monoisotopic (exact) mass is 462 g/mol. The van der Waals surface area contributed by atoms with E-state index in [2.05, 4.69) is 34.1 Å². The fourth-order valence-electron chi connectivity index (χ4n) is 4.14. The lowest BCUT2D eigenvalue weighted by Gasteiger charge is -2.37. The molecule has 0 radical (unpaired) electrons. The van der Waals surface area contributed by atoms with Crippen LogP contribution < -0.4 is 15.5 Å². The molecule has 2 N–H and O–H groups in total. The molecule has 2 amide bonds. The molecule has 170 valence electrons. The standard InChI is InChI=1S/C26H27ClN4O2/c27-23-12-6-4-10-21(23)26(33)31(24-13-7-5-11-22(24)25(28)32)19-16-29-14-17-30(18-15-29)20-8-2-1-3-9-20/h1-13H,14-19H2,(H2,28,32). The quantitative estimate of drug-likeness (QED) is 0.578. The first-order chi connectivity index (χ1) is 16.0. The van der Waals surface area contributed by atoms with Crippen molar-refractivity contribution in [1.82, 2.24) is 4.90 Å². The second kappa shape index (κ2) is 10.5. The number of carbonyl (C=O) groups excluding carboxylic acids is 2. The number of amides is 2. The lowest BCUT2D eigenvalue weighted by atomic mass is 10.1. The molecular weight excluding hydrogens is 436 g/mol. The minimum Gasteiger partial charge on any atom is -0.369 e. The number of para-hydroxylation sites is 2. The predicted octanol–water partition coefficient (Wildman–Crippen LogP) is 3.91. The van der Waals surface area contributed by atoms with Crippen molar-refractivity contribution in [2.24, 2.45) is 5.73 Å². The van der Waals surface area contributed by atoms with Crippen molar-refractivity contribution >= 4 is 34.8 Å². The average Bonchev–Trinajstić information content (AvgIpc) is 2.85. The third-order valence-electron chi connectivity index (χ3n) is 5.94. The second-order valence-electron chi connectivity index (χ2n) is 7.98. The van der Waals surface area contributed by atoms with Gasteiger partial charge in [-0.1, -0.05) is 54.1 Å². The Kier molecular flexibility index (Phi) is 7.27. The van der Waals surface area contributed by atoms with Gasteiger partial charge >= 0.3 is 0 Å². The van der Waals surface area contributed by atoms with Crippen LogP contribution >= 0.6 is 11.6 Å². The molecule has 0 unspecified atom stereocenters. The van der Waals surface area contributed by atoms with Crippen molar-refractivity contribution in [1.29, 1.82) is 0 Å². The normalized spacial score (nSPS) is 14.2. The maximum atomic E-state index is 13.5. The van der Waals surface area contributed by atoms with Crippen molar-refractivity contribution in [3.05, 3.63) is 95.0 Å². The highest BCUT2D eigenvalue weighted by molar-refractivity contribution is 6.34. The first-order valence-electron chi connectivity index (χ1n) is 11.0. The van der Waals surface area contributed by atoms with Crippen LogP contribution in [0.25, 0.3) is 0 Å². The van der Waals surface area contributed by atoms with Gasteiger partial charge in [0.1, 0.15) is 0 Å². The van der Waals surface area contributed by atoms with Crippen LogP contribution in [0.3, 0.4) is 0 Å². The Hall–Kier alpha value is -3.35. The van der Waals surface area contributed by atoms with E-state index < -0.39 is 5.91 Å². The molecule has 3 aromatic carbocycles. The number of nitrogens with two attached hydrogens (primary N) is 1. The molecular formula is C26H27ClN4O2. The highest BCUT2D eigenvalue weighted by atomic mass is 35.5. The van der Waals surface area contributed by atoms with E-state index in [-0.39, 0.29) is 5.91 Å². The lowest BCUT2D eigenvalue weighted by Crippen LogP contribution is -2.49. The highest BCUT2D eigenvalue weighted by Crippen LogP contribution is 2.25. The fourth-order valence-corrected chi connectivity index (χ4v) is 4.36. The molecule has 33 heavy (non-hydrogen) atoms. The van der Waals surface area contributed by atoms with Gasteiger partial charge in [-0.15, -0.1) is 0 Å². The maximum absolute atomic E-state index is 13.5. The van der Waals surface area contributed by atoms with Crippen LogP contribution in [0, 0.1) is 0 Å². The second-order valence-corrected chi connectivity index (χ2v) is 8.39. The number of hydrogen-bond donors (Lipinski definition) is 1. The Morgan fingerprint density at radius 1 is 0.818 bits per heavy atom. The Morgan fingerprint density at radius 3 is 2.09 bits per heavy atom. The van der Waals surface area contributed by atoms with Crippen LogP contribution in [0.5, 0.6) is 0 Å². The number of nitrogens with zero attached hydrogens (tertiary/aromatic N) is 3. The van der Waals surface area contributed by atoms with E-state index in [0.29, 0.717) is 34.9 Å². The Labute approximate surface area is 199 Å². The molecule has 4 rings (SSSR count). The minimum absolute atomic E-state index is 0.253. The van der Waals surface area contributed by atoms with Crippen LogP contribution in [0.4, 0.5) is 11.4 Å². The summed E-state index contributed by atoms with van der Waals surface area (Å²) in [4.78, 5) is 31.9. The number of halogens is 1. The van der Waals surface area contributed by atoms with Gasteiger partial charge < -0.3 is 15.5 Å². The van der Waals surface area contributed by atoms with E-state index in [0.717, 1.165) is 26.2 Å². The number of primary amides is 1. The predicted molar refractivity (Wildman–Crippen MR) is 133 cm³/mol. The van der Waals surface area contributed by atoms with E-state index >= 15 is 0 Å². The third kappa shape index (κ3) is 5.35. The van der Waals surface area contributed by atoms with E-state index in [1.165, 1.54) is 5.69 Å². The first-order valence-corrected chi connectivity index (χ1v) is 11.4. The molecule has 0 aromatic heterocycles. The largest absolute Gasteiger partial charge is 0.369 e. The molecule has 1 saturated heterocycles. The van der Waals surface area contributed by atoms with Gasteiger partial charge in [-0.25, -0.2) is 0 Å². The van der Waals surface area contributed by atoms with Crippen LogP contribution in [0.15, 0.2) is 78.9 Å². The molecule has 0 saturated carbocycles. The molecule has 1 aliphatic heterocycles. The molecule has 1 fully saturated rings. The minimum atomic E-state index is -0.570. The molecule has 1 aliphatic rings. The zero-order chi connectivity index (χ0) is 23.2. The molecule has 7 heteroatoms. The molecule has 1 heterocycles. The zero-order valence-corrected chi connectivity index (χ0v) is 19.1. The maximum Gasteiger partial charge on any atom is 0.259 e. The van der Waals surface area contributed by atoms with Gasteiger partial charge in [-0.3, -0.25) is 14.5 Å². The molecule has 0 spiro atoms. The van der Waals surface area contributed by atoms with Crippen LogP contribution in [-0.4, -0.2) is 56.0 Å². The van der Waals surface area contributed by atoms with E-state index in [4.69, 9.17) is 17.3 Å². The lowest BCUT2D eigenvalue weighted by molar-refractivity contribution is 0.0982. The first kappa shape index (κ1) is 22.8. The third-order valence-corrected chi connectivity index (χ3v) is 6.27. The van der Waals surface area contributed by atoms with Gasteiger partial charge in [0.15, 0.2) is 0 Å². The summed E-state index contributed by atoms with van der Waals surface area (Å²) in [6.07, 6.45) is 0. The van der Waals surface area contributed by atoms with Gasteiger partial charge in [0.2, 0.25) is 0 Å². The Morgan fingerprint density at radius 2 is 1.42 bits per heavy atom. The summed E-state index contributed by atoms with van der Waals surface area (Å²) in [6, 6.07) is 24.3. The molecule has 0 atom stereocenters. The van der Waals surface area contributed by atoms with Gasteiger partial charge in [0.05, 0.1) is 21.8 Å². The smallest absolute Gasteiger partial charge is 0.259 e. The molecule has 0 bridgehead atoms. The van der Waals surface area contributed by atoms with Crippen molar-refractivity contribution < 1.29 is 9.59 Å². The number of rotatable bonds is 7. The summed E-state index contributed by atoms with van der Waals surface area (Å²) >= 11 is 6.32. The summed E-state index contributed by atoms with van der Waals surface area (Å²) in [5, 5.41) is 0.375. The van der Waals surface area contributed by atoms with Crippen molar-refractivity contribution in [2.45, 2.75) is 0 Å². The van der Waals surface area contributed by atoms with Gasteiger partial charge in [0, 0.05) is 45.0 Å². The van der Waals surface area contributed by atoms with E-state index in [1.54, 1.807) is 53.4 Å². The molecule has 6 nitrogen and oxygen atoms in total. The van der Waals surface area contributed by atoms with Crippen LogP contribution in [0.2, 0.25) is 5.02 Å². The number of hydrogen-bond acceptors (Lipinski definition) is 4. The van der Waals surface area contributed by atoms with Crippen molar-refractivity contribution in [3.8, 4) is 0 Å². The Balaban J connectivity index is 1.51. The van der Waals surface area contributed by atoms with Crippen molar-refractivity contribution in [2.75, 3.05) is 49.1 Å². The number of piperazine rings is 1. The summed E-state index contributed by atoms with van der Waals surface area (Å²) < 4.78 is 0. The number of benzene rings is 3. The average molecular weight is 463 g/mol. The van der Waals surface area contributed by atoms with Crippen LogP contribution in [0.1, 0.15) is 20.7 Å². The van der Waals surface area contributed by atoms with E-state index in [1.807, 2.05) is 6.07 Å². The number of anilines is 2. The fraction of sp³-hybridized carbons (Fsp3) is 0.231. The number of carbonyl (C=O) groups is 2. The van der Waals surface area contributed by atoms with Crippen molar-refractivity contribution in [3.63, 3.8) is 0 Å². The van der Waals surface area contributed by atoms with E-state index in [9.17, 15) is 9.59 Å². The summed E-state index contributed by atoms with van der Waals surface area (Å²) in [6.45, 7) is 4.70. The summed E-state index contributed by atoms with van der Waals surface area (Å²) in [5.41, 5.74) is 8.04. The van der Waals surface area contributed by atoms with Gasteiger partial charge in [-0.2, -0.15) is 0 Å². The summed E-state index contributed by atoms with van der Waals surface area (Å²) in [5.74, 6) is -0.823. The van der Waals surface area contributed by atoms with Gasteiger partial charge in [0.25, 0.3) is 11.8 Å². The Bertz CT molecular complexity index is 1110. The highest BCUT2D eigenvalue weighted by Gasteiger charge is 2.25. The molecule has 0 aliphatic carbocycles. The topological polar surface area (TPSA) is 69.9 Å². The molecule has 3 aromatic rings. The summed E-state index contributed by atoms with van der Waals surface area (Å²) in [7, 11) is 0. The van der Waals surface area contributed by atoms with Gasteiger partial charge in [-0.05, 0) is 36.4 Å².